The summed E-state index contributed by atoms with van der Waals surface area (Å²) in [6, 6.07) is 24.3. The Kier molecular flexibility index (Phi) is 11.4. The second kappa shape index (κ2) is 17.4. The van der Waals surface area contributed by atoms with Crippen molar-refractivity contribution in [2.45, 2.75) is 97.8 Å². The Labute approximate surface area is 376 Å². The van der Waals surface area contributed by atoms with Crippen LogP contribution in [0.1, 0.15) is 86.5 Å². The second-order valence-electron chi connectivity index (χ2n) is 17.0. The molecule has 6 aromatic heterocycles. The SMILES string of the molecule is Cc1ccc(-c2nc3sc4c(c3c(=O)[nH]2)CCCC4)cc1.Cc1cccc(-c2nc3sc4c(c3c(=O)[nH]2)CCCC4)c1.Cc1cccc(-c2nc3sc4c(c3c(=O)[nH]2)CCCC4)c1. The molecule has 0 aliphatic heterocycles. The molecule has 3 aliphatic rings. The van der Waals surface area contributed by atoms with Crippen LogP contribution >= 0.6 is 34.0 Å². The number of aromatic nitrogens is 6. The summed E-state index contributed by atoms with van der Waals surface area (Å²) in [6.07, 6.45) is 13.5. The van der Waals surface area contributed by atoms with Crippen molar-refractivity contribution in [3.63, 3.8) is 0 Å². The average Bonchev–Trinajstić information content (AvgIpc) is 3.99. The highest BCUT2D eigenvalue weighted by Gasteiger charge is 2.23. The molecule has 0 spiro atoms. The maximum Gasteiger partial charge on any atom is 0.260 e. The summed E-state index contributed by atoms with van der Waals surface area (Å²) in [7, 11) is 0. The highest BCUT2D eigenvalue weighted by atomic mass is 32.1. The molecule has 0 atom stereocenters. The van der Waals surface area contributed by atoms with Crippen LogP contribution < -0.4 is 16.7 Å². The van der Waals surface area contributed by atoms with Gasteiger partial charge in [0.15, 0.2) is 0 Å². The predicted molar refractivity (Wildman–Crippen MR) is 261 cm³/mol. The Morgan fingerprint density at radius 2 is 0.762 bits per heavy atom. The zero-order valence-corrected chi connectivity index (χ0v) is 38.2. The summed E-state index contributed by atoms with van der Waals surface area (Å²) in [5.74, 6) is 2.02. The molecule has 12 rings (SSSR count). The van der Waals surface area contributed by atoms with E-state index in [1.807, 2.05) is 74.5 Å². The number of benzene rings is 3. The molecule has 3 aromatic carbocycles. The van der Waals surface area contributed by atoms with Crippen molar-refractivity contribution < 1.29 is 0 Å². The van der Waals surface area contributed by atoms with E-state index in [2.05, 4.69) is 34.0 Å². The van der Waals surface area contributed by atoms with Gasteiger partial charge in [-0.05, 0) is 127 Å². The molecule has 9 nitrogen and oxygen atoms in total. The molecule has 0 saturated heterocycles. The quantitative estimate of drug-likeness (QED) is 0.162. The number of rotatable bonds is 3. The summed E-state index contributed by atoms with van der Waals surface area (Å²) in [4.78, 5) is 67.3. The second-order valence-corrected chi connectivity index (χ2v) is 20.3. The van der Waals surface area contributed by atoms with Crippen LogP contribution in [0, 0.1) is 20.8 Å². The first-order valence-electron chi connectivity index (χ1n) is 22.0. The highest BCUT2D eigenvalue weighted by Crippen LogP contribution is 2.37. The van der Waals surface area contributed by atoms with E-state index in [4.69, 9.17) is 15.0 Å². The lowest BCUT2D eigenvalue weighted by Crippen LogP contribution is -2.11. The van der Waals surface area contributed by atoms with Gasteiger partial charge in [-0.25, -0.2) is 15.0 Å². The van der Waals surface area contributed by atoms with E-state index < -0.39 is 0 Å². The van der Waals surface area contributed by atoms with Crippen LogP contribution in [0.15, 0.2) is 87.2 Å². The molecular weight excluding hydrogens is 841 g/mol. The summed E-state index contributed by atoms with van der Waals surface area (Å²) in [5.41, 5.74) is 10.2. The van der Waals surface area contributed by atoms with Crippen molar-refractivity contribution in [2.75, 3.05) is 0 Å². The third kappa shape index (κ3) is 8.27. The van der Waals surface area contributed by atoms with Crippen molar-refractivity contribution >= 4 is 64.7 Å². The van der Waals surface area contributed by atoms with Gasteiger partial charge in [-0.3, -0.25) is 14.4 Å². The van der Waals surface area contributed by atoms with E-state index >= 15 is 0 Å². The monoisotopic (exact) mass is 888 g/mol. The van der Waals surface area contributed by atoms with E-state index in [0.29, 0.717) is 17.5 Å². The van der Waals surface area contributed by atoms with Crippen LogP contribution in [-0.2, 0) is 38.5 Å². The number of H-pyrrole nitrogens is 3. The number of hydrogen-bond donors (Lipinski definition) is 3. The van der Waals surface area contributed by atoms with Gasteiger partial charge in [-0.15, -0.1) is 34.0 Å². The fourth-order valence-corrected chi connectivity index (χ4v) is 13.0. The van der Waals surface area contributed by atoms with Gasteiger partial charge in [0.25, 0.3) is 16.7 Å². The molecular formula is C51H48N6O3S3. The normalized spacial score (nSPS) is 14.3. The first-order valence-corrected chi connectivity index (χ1v) is 24.5. The Hall–Kier alpha value is -5.82. The smallest absolute Gasteiger partial charge is 0.260 e. The summed E-state index contributed by atoms with van der Waals surface area (Å²) in [6.45, 7) is 6.14. The van der Waals surface area contributed by atoms with Gasteiger partial charge in [0, 0.05) is 31.3 Å². The first kappa shape index (κ1) is 41.2. The number of hydrogen-bond acceptors (Lipinski definition) is 9. The lowest BCUT2D eigenvalue weighted by atomic mass is 9.97. The van der Waals surface area contributed by atoms with E-state index in [-0.39, 0.29) is 16.7 Å². The molecule has 6 heterocycles. The zero-order valence-electron chi connectivity index (χ0n) is 35.7. The van der Waals surface area contributed by atoms with E-state index in [0.717, 1.165) is 85.9 Å². The van der Waals surface area contributed by atoms with Gasteiger partial charge < -0.3 is 15.0 Å². The largest absolute Gasteiger partial charge is 0.306 e. The third-order valence-electron chi connectivity index (χ3n) is 12.4. The summed E-state index contributed by atoms with van der Waals surface area (Å²) < 4.78 is 0. The molecule has 3 N–H and O–H groups in total. The Morgan fingerprint density at radius 3 is 1.13 bits per heavy atom. The molecule has 9 aromatic rings. The summed E-state index contributed by atoms with van der Waals surface area (Å²) >= 11 is 5.09. The minimum Gasteiger partial charge on any atom is -0.306 e. The molecule has 318 valence electrons. The van der Waals surface area contributed by atoms with Crippen LogP contribution in [0.3, 0.4) is 0 Å². The fourth-order valence-electron chi connectivity index (χ4n) is 9.20. The fraction of sp³-hybridized carbons (Fsp3) is 0.294. The van der Waals surface area contributed by atoms with Gasteiger partial charge in [-0.1, -0.05) is 77.4 Å². The number of nitrogens with one attached hydrogen (secondary N) is 3. The maximum absolute atomic E-state index is 12.5. The van der Waals surface area contributed by atoms with Crippen LogP contribution in [0.25, 0.3) is 64.8 Å². The Balaban J connectivity index is 0.000000112. The van der Waals surface area contributed by atoms with Crippen LogP contribution in [0.4, 0.5) is 0 Å². The van der Waals surface area contributed by atoms with Crippen LogP contribution in [0.5, 0.6) is 0 Å². The lowest BCUT2D eigenvalue weighted by Gasteiger charge is -2.09. The molecule has 0 amide bonds. The van der Waals surface area contributed by atoms with Gasteiger partial charge in [0.2, 0.25) is 0 Å². The molecule has 0 unspecified atom stereocenters. The predicted octanol–water partition coefficient (Wildman–Crippen LogP) is 11.5. The van der Waals surface area contributed by atoms with Crippen LogP contribution in [-0.4, -0.2) is 29.9 Å². The zero-order chi connectivity index (χ0) is 43.2. The minimum absolute atomic E-state index is 0.00924. The summed E-state index contributed by atoms with van der Waals surface area (Å²) in [5, 5.41) is 2.47. The Bertz CT molecular complexity index is 3220. The van der Waals surface area contributed by atoms with E-state index in [1.165, 1.54) is 86.5 Å². The van der Waals surface area contributed by atoms with Crippen molar-refractivity contribution in [1.82, 2.24) is 29.9 Å². The number of fused-ring (bicyclic) bond motifs is 9. The van der Waals surface area contributed by atoms with Crippen molar-refractivity contribution in [2.24, 2.45) is 0 Å². The highest BCUT2D eigenvalue weighted by molar-refractivity contribution is 7.19. The van der Waals surface area contributed by atoms with Gasteiger partial charge >= 0.3 is 0 Å². The maximum atomic E-state index is 12.5. The minimum atomic E-state index is 0.00924. The molecule has 0 saturated carbocycles. The lowest BCUT2D eigenvalue weighted by molar-refractivity contribution is 0.700. The topological polar surface area (TPSA) is 137 Å². The number of aromatic amines is 3. The molecule has 3 aliphatic carbocycles. The van der Waals surface area contributed by atoms with Crippen molar-refractivity contribution in [3.8, 4) is 34.2 Å². The molecule has 0 radical (unpaired) electrons. The van der Waals surface area contributed by atoms with Crippen LogP contribution in [0.2, 0.25) is 0 Å². The number of aryl methyl sites for hydroxylation is 9. The molecule has 0 fully saturated rings. The third-order valence-corrected chi connectivity index (χ3v) is 15.9. The van der Waals surface area contributed by atoms with Crippen molar-refractivity contribution in [3.05, 3.63) is 152 Å². The number of nitrogens with zero attached hydrogens (tertiary/aromatic N) is 3. The molecule has 12 heteroatoms. The average molecular weight is 889 g/mol. The van der Waals surface area contributed by atoms with Gasteiger partial charge in [-0.2, -0.15) is 0 Å². The molecule has 63 heavy (non-hydrogen) atoms. The van der Waals surface area contributed by atoms with Gasteiger partial charge in [0.05, 0.1) is 16.2 Å². The van der Waals surface area contributed by atoms with Gasteiger partial charge in [0.1, 0.15) is 32.0 Å². The van der Waals surface area contributed by atoms with Crippen molar-refractivity contribution in [1.29, 1.82) is 0 Å². The standard InChI is InChI=1S/3C17H16N2OS/c2*1-10-5-4-6-11(9-10)15-18-16(20)14-12-7-2-3-8-13(12)21-17(14)19-15;1-10-6-8-11(9-7-10)15-18-16(20)14-12-4-2-3-5-13(12)21-17(14)19-15/h2*4-6,9H,2-3,7-8H2,1H3,(H,18,19,20);6-9H,2-5H2,1H3,(H,18,19,20). The first-order chi connectivity index (χ1) is 30.7. The number of thiophene rings is 3. The van der Waals surface area contributed by atoms with E-state index in [1.54, 1.807) is 34.0 Å². The molecule has 0 bridgehead atoms. The Morgan fingerprint density at radius 1 is 0.413 bits per heavy atom. The van der Waals surface area contributed by atoms with E-state index in [9.17, 15) is 14.4 Å².